The number of nitrogens with one attached hydrogen (secondary N) is 1. The topological polar surface area (TPSA) is 32.3 Å². The van der Waals surface area contributed by atoms with Gasteiger partial charge < -0.3 is 10.2 Å². The van der Waals surface area contributed by atoms with Crippen molar-refractivity contribution in [3.63, 3.8) is 0 Å². The molecular formula is C20H30N2O. The minimum absolute atomic E-state index is 0.0796. The zero-order valence-corrected chi connectivity index (χ0v) is 14.6. The lowest BCUT2D eigenvalue weighted by Crippen LogP contribution is -2.45. The third-order valence-corrected chi connectivity index (χ3v) is 5.26. The van der Waals surface area contributed by atoms with Crippen LogP contribution < -0.4 is 5.32 Å². The molecule has 3 heteroatoms. The summed E-state index contributed by atoms with van der Waals surface area (Å²) in [6, 6.07) is 6.46. The third-order valence-electron chi connectivity index (χ3n) is 5.26. The number of carbonyl (C=O) groups is 1. The predicted octanol–water partition coefficient (Wildman–Crippen LogP) is 3.42. The molecule has 1 aliphatic carbocycles. The smallest absolute Gasteiger partial charge is 0.251 e. The van der Waals surface area contributed by atoms with Crippen molar-refractivity contribution in [3.05, 3.63) is 34.9 Å². The van der Waals surface area contributed by atoms with E-state index >= 15 is 0 Å². The van der Waals surface area contributed by atoms with Crippen LogP contribution in [-0.4, -0.2) is 36.5 Å². The van der Waals surface area contributed by atoms with Crippen LogP contribution in [0, 0.1) is 5.92 Å². The Bertz CT molecular complexity index is 555. The lowest BCUT2D eigenvalue weighted by Gasteiger charge is -2.32. The van der Waals surface area contributed by atoms with Crippen molar-refractivity contribution in [3.8, 4) is 0 Å². The summed E-state index contributed by atoms with van der Waals surface area (Å²) in [5, 5.41) is 3.18. The molecule has 1 N–H and O–H groups in total. The van der Waals surface area contributed by atoms with Crippen LogP contribution in [0.4, 0.5) is 0 Å². The molecular weight excluding hydrogens is 284 g/mol. The highest BCUT2D eigenvalue weighted by molar-refractivity contribution is 5.94. The normalized spacial score (nSPS) is 23.1. The zero-order valence-electron chi connectivity index (χ0n) is 14.6. The van der Waals surface area contributed by atoms with Crippen molar-refractivity contribution in [1.29, 1.82) is 0 Å². The first-order valence-electron chi connectivity index (χ1n) is 9.27. The molecule has 1 amide bonds. The molecule has 1 heterocycles. The molecule has 3 rings (SSSR count). The van der Waals surface area contributed by atoms with E-state index in [-0.39, 0.29) is 11.9 Å². The van der Waals surface area contributed by atoms with Crippen LogP contribution in [0.15, 0.2) is 18.2 Å². The molecule has 23 heavy (non-hydrogen) atoms. The second-order valence-electron chi connectivity index (χ2n) is 7.57. The molecule has 3 nitrogen and oxygen atoms in total. The maximum Gasteiger partial charge on any atom is 0.251 e. The molecule has 0 radical (unpaired) electrons. The number of hydrogen-bond donors (Lipinski definition) is 1. The van der Waals surface area contributed by atoms with Crippen molar-refractivity contribution in [2.75, 3.05) is 19.6 Å². The average Bonchev–Trinajstić information content (AvgIpc) is 2.54. The summed E-state index contributed by atoms with van der Waals surface area (Å²) in [7, 11) is 0. The molecule has 0 aromatic heterocycles. The lowest BCUT2D eigenvalue weighted by atomic mass is 9.90. The van der Waals surface area contributed by atoms with Crippen molar-refractivity contribution in [2.24, 2.45) is 5.92 Å². The average molecular weight is 314 g/mol. The Labute approximate surface area is 140 Å². The molecule has 0 spiro atoms. The fraction of sp³-hybridized carbons (Fsp3) is 0.650. The van der Waals surface area contributed by atoms with Crippen LogP contribution >= 0.6 is 0 Å². The molecule has 1 fully saturated rings. The molecule has 0 saturated carbocycles. The summed E-state index contributed by atoms with van der Waals surface area (Å²) in [6.07, 6.45) is 7.45. The van der Waals surface area contributed by atoms with E-state index in [9.17, 15) is 4.79 Å². The van der Waals surface area contributed by atoms with E-state index in [4.69, 9.17) is 0 Å². The van der Waals surface area contributed by atoms with E-state index in [1.165, 1.54) is 56.3 Å². The first-order valence-corrected chi connectivity index (χ1v) is 9.27. The Morgan fingerprint density at radius 2 is 2.04 bits per heavy atom. The van der Waals surface area contributed by atoms with Crippen LogP contribution in [0.25, 0.3) is 0 Å². The summed E-state index contributed by atoms with van der Waals surface area (Å²) in [6.45, 7) is 7.74. The van der Waals surface area contributed by atoms with E-state index in [1.54, 1.807) is 0 Å². The van der Waals surface area contributed by atoms with Gasteiger partial charge in [-0.3, -0.25) is 4.79 Å². The highest BCUT2D eigenvalue weighted by Crippen LogP contribution is 2.22. The van der Waals surface area contributed by atoms with Gasteiger partial charge in [0.15, 0.2) is 0 Å². The van der Waals surface area contributed by atoms with E-state index in [0.29, 0.717) is 0 Å². The second kappa shape index (κ2) is 7.48. The molecule has 1 aliphatic heterocycles. The van der Waals surface area contributed by atoms with Crippen LogP contribution in [-0.2, 0) is 12.8 Å². The lowest BCUT2D eigenvalue weighted by molar-refractivity contribution is 0.0920. The fourth-order valence-corrected chi connectivity index (χ4v) is 4.07. The van der Waals surface area contributed by atoms with E-state index < -0.39 is 0 Å². The monoisotopic (exact) mass is 314 g/mol. The van der Waals surface area contributed by atoms with E-state index in [1.807, 2.05) is 6.07 Å². The number of fused-ring (bicyclic) bond motifs is 1. The molecule has 2 atom stereocenters. The summed E-state index contributed by atoms with van der Waals surface area (Å²) in [5.41, 5.74) is 3.63. The number of carbonyl (C=O) groups excluding carboxylic acids is 1. The Morgan fingerprint density at radius 1 is 1.26 bits per heavy atom. The Morgan fingerprint density at radius 3 is 2.83 bits per heavy atom. The Kier molecular flexibility index (Phi) is 5.37. The molecule has 126 valence electrons. The van der Waals surface area contributed by atoms with Gasteiger partial charge in [0.25, 0.3) is 5.91 Å². The predicted molar refractivity (Wildman–Crippen MR) is 94.9 cm³/mol. The summed E-state index contributed by atoms with van der Waals surface area (Å²) in [5.74, 6) is 0.864. The van der Waals surface area contributed by atoms with Gasteiger partial charge in [-0.15, -0.1) is 0 Å². The van der Waals surface area contributed by atoms with Gasteiger partial charge in [-0.1, -0.05) is 13.0 Å². The number of likely N-dealkylation sites (tertiary alicyclic amines) is 1. The van der Waals surface area contributed by atoms with E-state index in [2.05, 4.69) is 36.2 Å². The molecule has 1 aromatic carbocycles. The minimum atomic E-state index is 0.0796. The number of piperidine rings is 1. The van der Waals surface area contributed by atoms with Gasteiger partial charge in [0.2, 0.25) is 0 Å². The highest BCUT2D eigenvalue weighted by Gasteiger charge is 2.19. The summed E-state index contributed by atoms with van der Waals surface area (Å²) >= 11 is 0. The third kappa shape index (κ3) is 4.35. The SMILES string of the molecule is CC1CCCN(CC(C)NC(=O)c2ccc3c(c2)CCCC3)C1. The van der Waals surface area contributed by atoms with Crippen molar-refractivity contribution in [2.45, 2.75) is 58.4 Å². The van der Waals surface area contributed by atoms with Crippen LogP contribution in [0.5, 0.6) is 0 Å². The Hall–Kier alpha value is -1.35. The standard InChI is InChI=1S/C20H30N2O/c1-15-6-5-11-22(13-15)14-16(2)21-20(23)19-10-9-17-7-3-4-8-18(17)12-19/h9-10,12,15-16H,3-8,11,13-14H2,1-2H3,(H,21,23). The maximum atomic E-state index is 12.5. The van der Waals surface area contributed by atoms with E-state index in [0.717, 1.165) is 24.4 Å². The quantitative estimate of drug-likeness (QED) is 0.923. The van der Waals surface area contributed by atoms with Gasteiger partial charge in [0.1, 0.15) is 0 Å². The van der Waals surface area contributed by atoms with Crippen LogP contribution in [0.3, 0.4) is 0 Å². The maximum absolute atomic E-state index is 12.5. The number of benzene rings is 1. The number of amides is 1. The first-order chi connectivity index (χ1) is 11.1. The molecule has 2 unspecified atom stereocenters. The van der Waals surface area contributed by atoms with Gasteiger partial charge in [0.05, 0.1) is 0 Å². The van der Waals surface area contributed by atoms with Crippen molar-refractivity contribution in [1.82, 2.24) is 10.2 Å². The number of hydrogen-bond acceptors (Lipinski definition) is 2. The fourth-order valence-electron chi connectivity index (χ4n) is 4.07. The second-order valence-corrected chi connectivity index (χ2v) is 7.57. The molecule has 1 saturated heterocycles. The van der Waals surface area contributed by atoms with Crippen molar-refractivity contribution >= 4 is 5.91 Å². The first kappa shape index (κ1) is 16.5. The number of rotatable bonds is 4. The van der Waals surface area contributed by atoms with Gasteiger partial charge in [0, 0.05) is 24.7 Å². The van der Waals surface area contributed by atoms with Gasteiger partial charge in [-0.2, -0.15) is 0 Å². The Balaban J connectivity index is 1.55. The number of nitrogens with zero attached hydrogens (tertiary/aromatic N) is 1. The number of aryl methyl sites for hydroxylation is 2. The minimum Gasteiger partial charge on any atom is -0.348 e. The molecule has 0 bridgehead atoms. The largest absolute Gasteiger partial charge is 0.348 e. The molecule has 2 aliphatic rings. The zero-order chi connectivity index (χ0) is 16.2. The highest BCUT2D eigenvalue weighted by atomic mass is 16.1. The summed E-state index contributed by atoms with van der Waals surface area (Å²) < 4.78 is 0. The van der Waals surface area contributed by atoms with Gasteiger partial charge in [-0.25, -0.2) is 0 Å². The molecule has 1 aromatic rings. The summed E-state index contributed by atoms with van der Waals surface area (Å²) in [4.78, 5) is 15.0. The van der Waals surface area contributed by atoms with Crippen LogP contribution in [0.1, 0.15) is 61.0 Å². The van der Waals surface area contributed by atoms with Crippen LogP contribution in [0.2, 0.25) is 0 Å². The van der Waals surface area contributed by atoms with Gasteiger partial charge >= 0.3 is 0 Å². The van der Waals surface area contributed by atoms with Crippen molar-refractivity contribution < 1.29 is 4.79 Å². The van der Waals surface area contributed by atoms with Gasteiger partial charge in [-0.05, 0) is 81.2 Å².